The van der Waals surface area contributed by atoms with Gasteiger partial charge in [-0.3, -0.25) is 10.1 Å². The summed E-state index contributed by atoms with van der Waals surface area (Å²) in [6, 6.07) is 18.7. The maximum absolute atomic E-state index is 14.2. The van der Waals surface area contributed by atoms with Gasteiger partial charge in [0.2, 0.25) is 0 Å². The predicted octanol–water partition coefficient (Wildman–Crippen LogP) is 6.09. The van der Waals surface area contributed by atoms with Gasteiger partial charge in [0, 0.05) is 41.5 Å². The molecule has 0 aliphatic rings. The minimum absolute atomic E-state index is 0.346. The highest BCUT2D eigenvalue weighted by Gasteiger charge is 2.16. The standard InChI is InChI=1S/C29H25FN6O/c1-3-31-14-17-9-19(16-32-15-17)24-7-8-26-28(34-24)29(36-35-26)27-13-23-22(5-4-6-25(23)33-27)18-10-20(30)12-21(11-18)37-2/h4-13,15-16,31,33H,3,14H2,1-2H3,(H,35,36). The summed E-state index contributed by atoms with van der Waals surface area (Å²) in [6.07, 6.45) is 3.69. The summed E-state index contributed by atoms with van der Waals surface area (Å²) in [5.41, 5.74) is 8.56. The normalized spacial score (nSPS) is 11.4. The van der Waals surface area contributed by atoms with Crippen LogP contribution < -0.4 is 10.1 Å². The van der Waals surface area contributed by atoms with E-state index >= 15 is 0 Å². The summed E-state index contributed by atoms with van der Waals surface area (Å²) in [5.74, 6) is 0.128. The van der Waals surface area contributed by atoms with Crippen LogP contribution in [0.1, 0.15) is 12.5 Å². The van der Waals surface area contributed by atoms with Crippen LogP contribution >= 0.6 is 0 Å². The molecule has 0 bridgehead atoms. The molecule has 0 spiro atoms. The lowest BCUT2D eigenvalue weighted by atomic mass is 10.0. The Morgan fingerprint density at radius 1 is 0.973 bits per heavy atom. The van der Waals surface area contributed by atoms with Crippen LogP contribution in [0, 0.1) is 5.82 Å². The van der Waals surface area contributed by atoms with Crippen molar-refractivity contribution in [3.8, 4) is 39.5 Å². The van der Waals surface area contributed by atoms with Crippen molar-refractivity contribution in [3.05, 3.63) is 84.4 Å². The quantitative estimate of drug-likeness (QED) is 0.251. The number of aromatic amines is 2. The van der Waals surface area contributed by atoms with Crippen LogP contribution in [0.5, 0.6) is 5.75 Å². The van der Waals surface area contributed by atoms with Crippen molar-refractivity contribution >= 4 is 21.9 Å². The third-order valence-electron chi connectivity index (χ3n) is 6.41. The van der Waals surface area contributed by atoms with Gasteiger partial charge in [-0.1, -0.05) is 19.1 Å². The molecule has 0 fully saturated rings. The van der Waals surface area contributed by atoms with Gasteiger partial charge in [0.25, 0.3) is 0 Å². The summed E-state index contributed by atoms with van der Waals surface area (Å²) in [4.78, 5) is 12.8. The van der Waals surface area contributed by atoms with Gasteiger partial charge < -0.3 is 15.0 Å². The molecule has 6 aromatic rings. The lowest BCUT2D eigenvalue weighted by Gasteiger charge is -2.07. The predicted molar refractivity (Wildman–Crippen MR) is 144 cm³/mol. The molecule has 0 saturated carbocycles. The summed E-state index contributed by atoms with van der Waals surface area (Å²) < 4.78 is 19.5. The number of halogens is 1. The second kappa shape index (κ2) is 9.48. The van der Waals surface area contributed by atoms with Crippen LogP contribution in [0.3, 0.4) is 0 Å². The highest BCUT2D eigenvalue weighted by Crippen LogP contribution is 2.35. The first-order valence-electron chi connectivity index (χ1n) is 12.1. The second-order valence-corrected chi connectivity index (χ2v) is 8.86. The van der Waals surface area contributed by atoms with E-state index in [-0.39, 0.29) is 5.82 Å². The number of fused-ring (bicyclic) bond motifs is 2. The first-order valence-corrected chi connectivity index (χ1v) is 12.1. The van der Waals surface area contributed by atoms with Crippen LogP contribution in [-0.2, 0) is 6.54 Å². The maximum Gasteiger partial charge on any atom is 0.135 e. The van der Waals surface area contributed by atoms with Crippen molar-refractivity contribution in [2.24, 2.45) is 0 Å². The molecule has 6 rings (SSSR count). The molecular formula is C29H25FN6O. The number of pyridine rings is 2. The number of rotatable bonds is 7. The van der Waals surface area contributed by atoms with Crippen molar-refractivity contribution in [3.63, 3.8) is 0 Å². The van der Waals surface area contributed by atoms with E-state index in [0.29, 0.717) is 11.4 Å². The second-order valence-electron chi connectivity index (χ2n) is 8.86. The van der Waals surface area contributed by atoms with Crippen molar-refractivity contribution < 1.29 is 9.13 Å². The van der Waals surface area contributed by atoms with E-state index < -0.39 is 0 Å². The molecule has 4 heterocycles. The number of H-pyrrole nitrogens is 2. The Morgan fingerprint density at radius 3 is 2.76 bits per heavy atom. The van der Waals surface area contributed by atoms with Crippen molar-refractivity contribution in [1.82, 2.24) is 30.5 Å². The SMILES string of the molecule is CCNCc1cncc(-c2ccc3[nH]nc(-c4cc5c(-c6cc(F)cc(OC)c6)cccc5[nH]4)c3n2)c1. The Balaban J connectivity index is 1.43. The third-order valence-corrected chi connectivity index (χ3v) is 6.41. The number of nitrogens with zero attached hydrogens (tertiary/aromatic N) is 3. The molecule has 0 radical (unpaired) electrons. The minimum Gasteiger partial charge on any atom is -0.497 e. The lowest BCUT2D eigenvalue weighted by molar-refractivity contribution is 0.411. The van der Waals surface area contributed by atoms with Gasteiger partial charge in [-0.05, 0) is 65.7 Å². The molecule has 8 heteroatoms. The van der Waals surface area contributed by atoms with Crippen LogP contribution in [-0.4, -0.2) is 38.8 Å². The topological polar surface area (TPSA) is 91.5 Å². The average Bonchev–Trinajstić information content (AvgIpc) is 3.55. The van der Waals surface area contributed by atoms with Crippen LogP contribution in [0.15, 0.2) is 73.1 Å². The maximum atomic E-state index is 14.2. The van der Waals surface area contributed by atoms with Crippen molar-refractivity contribution in [1.29, 1.82) is 0 Å². The fourth-order valence-electron chi connectivity index (χ4n) is 4.61. The number of nitrogens with one attached hydrogen (secondary N) is 3. The molecule has 0 amide bonds. The summed E-state index contributed by atoms with van der Waals surface area (Å²) >= 11 is 0. The largest absolute Gasteiger partial charge is 0.497 e. The number of hydrogen-bond donors (Lipinski definition) is 3. The molecule has 0 atom stereocenters. The molecule has 4 aromatic heterocycles. The fourth-order valence-corrected chi connectivity index (χ4v) is 4.61. The first-order chi connectivity index (χ1) is 18.1. The minimum atomic E-state index is -0.346. The van der Waals surface area contributed by atoms with Gasteiger partial charge in [-0.2, -0.15) is 5.10 Å². The monoisotopic (exact) mass is 492 g/mol. The van der Waals surface area contributed by atoms with E-state index in [4.69, 9.17) is 9.72 Å². The average molecular weight is 493 g/mol. The molecule has 0 aliphatic carbocycles. The Morgan fingerprint density at radius 2 is 1.89 bits per heavy atom. The van der Waals surface area contributed by atoms with Gasteiger partial charge >= 0.3 is 0 Å². The molecule has 0 unspecified atom stereocenters. The molecule has 2 aromatic carbocycles. The summed E-state index contributed by atoms with van der Waals surface area (Å²) in [5, 5.41) is 12.0. The van der Waals surface area contributed by atoms with Crippen LogP contribution in [0.2, 0.25) is 0 Å². The van der Waals surface area contributed by atoms with E-state index in [2.05, 4.69) is 38.5 Å². The molecule has 0 aliphatic heterocycles. The van der Waals surface area contributed by atoms with E-state index in [1.165, 1.54) is 19.2 Å². The molecule has 37 heavy (non-hydrogen) atoms. The number of benzene rings is 2. The zero-order valence-electron chi connectivity index (χ0n) is 20.5. The number of methoxy groups -OCH3 is 1. The summed E-state index contributed by atoms with van der Waals surface area (Å²) in [6.45, 7) is 3.73. The Labute approximate surface area is 212 Å². The molecule has 3 N–H and O–H groups in total. The van der Waals surface area contributed by atoms with Gasteiger partial charge in [0.05, 0.1) is 24.0 Å². The Kier molecular flexibility index (Phi) is 5.86. The first kappa shape index (κ1) is 22.9. The smallest absolute Gasteiger partial charge is 0.135 e. The Bertz CT molecular complexity index is 1740. The highest BCUT2D eigenvalue weighted by atomic mass is 19.1. The van der Waals surface area contributed by atoms with E-state index in [9.17, 15) is 4.39 Å². The van der Waals surface area contributed by atoms with Gasteiger partial charge in [0.15, 0.2) is 0 Å². The van der Waals surface area contributed by atoms with Gasteiger partial charge in [-0.25, -0.2) is 9.37 Å². The number of aromatic nitrogens is 5. The Hall–Kier alpha value is -4.56. The zero-order valence-corrected chi connectivity index (χ0v) is 20.5. The summed E-state index contributed by atoms with van der Waals surface area (Å²) in [7, 11) is 1.53. The molecule has 7 nitrogen and oxygen atoms in total. The van der Waals surface area contributed by atoms with Gasteiger partial charge in [0.1, 0.15) is 22.8 Å². The van der Waals surface area contributed by atoms with Crippen molar-refractivity contribution in [2.75, 3.05) is 13.7 Å². The number of ether oxygens (including phenoxy) is 1. The van der Waals surface area contributed by atoms with E-state index in [0.717, 1.165) is 68.7 Å². The van der Waals surface area contributed by atoms with Crippen LogP contribution in [0.25, 0.3) is 55.7 Å². The highest BCUT2D eigenvalue weighted by molar-refractivity contribution is 6.00. The van der Waals surface area contributed by atoms with E-state index in [1.54, 1.807) is 0 Å². The van der Waals surface area contributed by atoms with E-state index in [1.807, 2.05) is 54.9 Å². The molecule has 184 valence electrons. The molecule has 0 saturated heterocycles. The number of hydrogen-bond acceptors (Lipinski definition) is 5. The third kappa shape index (κ3) is 4.32. The molecular weight excluding hydrogens is 467 g/mol. The van der Waals surface area contributed by atoms with Gasteiger partial charge in [-0.15, -0.1) is 0 Å². The zero-order chi connectivity index (χ0) is 25.4. The van der Waals surface area contributed by atoms with Crippen molar-refractivity contribution in [2.45, 2.75) is 13.5 Å². The van der Waals surface area contributed by atoms with Crippen LogP contribution in [0.4, 0.5) is 4.39 Å². The fraction of sp³-hybridized carbons (Fsp3) is 0.138. The lowest BCUT2D eigenvalue weighted by Crippen LogP contribution is -2.11.